The molecule has 4 rings (SSSR count). The first kappa shape index (κ1) is 20.3. The third-order valence-electron chi connectivity index (χ3n) is 5.70. The zero-order valence-corrected chi connectivity index (χ0v) is 17.5. The van der Waals surface area contributed by atoms with E-state index in [4.69, 9.17) is 4.52 Å². The van der Waals surface area contributed by atoms with Crippen LogP contribution >= 0.6 is 0 Å². The van der Waals surface area contributed by atoms with Crippen LogP contribution in [-0.2, 0) is 0 Å². The molecule has 1 atom stereocenters. The smallest absolute Gasteiger partial charge is 0.273 e. The van der Waals surface area contributed by atoms with Gasteiger partial charge in [0.05, 0.1) is 6.04 Å². The Balaban J connectivity index is 1.46. The van der Waals surface area contributed by atoms with Crippen LogP contribution in [0.2, 0.25) is 0 Å². The number of aryl methyl sites for hydroxylation is 1. The van der Waals surface area contributed by atoms with Gasteiger partial charge in [0.15, 0.2) is 11.5 Å². The van der Waals surface area contributed by atoms with Gasteiger partial charge < -0.3 is 14.7 Å². The summed E-state index contributed by atoms with van der Waals surface area (Å²) in [6.07, 6.45) is 0. The second kappa shape index (κ2) is 9.24. The molecule has 2 aromatic carbocycles. The van der Waals surface area contributed by atoms with Crippen LogP contribution in [0.25, 0.3) is 11.3 Å². The Morgan fingerprint density at radius 1 is 1.07 bits per heavy atom. The first-order valence-electron chi connectivity index (χ1n) is 10.4. The molecule has 1 fully saturated rings. The SMILES string of the molecule is Cc1ccc([C@@H](CNC(=O)c2cc(-c3ccccc3)on2)N2CCN(C)CC2)cc1. The first-order chi connectivity index (χ1) is 14.6. The van der Waals surface area contributed by atoms with Gasteiger partial charge in [0.2, 0.25) is 0 Å². The highest BCUT2D eigenvalue weighted by Gasteiger charge is 2.25. The van der Waals surface area contributed by atoms with Crippen LogP contribution in [0.1, 0.15) is 27.7 Å². The average Bonchev–Trinajstić information content (AvgIpc) is 3.27. The maximum absolute atomic E-state index is 12.8. The molecule has 30 heavy (non-hydrogen) atoms. The molecule has 3 aromatic rings. The summed E-state index contributed by atoms with van der Waals surface area (Å²) >= 11 is 0. The summed E-state index contributed by atoms with van der Waals surface area (Å²) < 4.78 is 5.38. The highest BCUT2D eigenvalue weighted by atomic mass is 16.5. The molecule has 6 heteroatoms. The summed E-state index contributed by atoms with van der Waals surface area (Å²) in [5.74, 6) is 0.377. The molecule has 0 bridgehead atoms. The fourth-order valence-electron chi connectivity index (χ4n) is 3.78. The standard InChI is InChI=1S/C24H28N4O2/c1-18-8-10-19(11-9-18)22(28-14-12-27(2)13-15-28)17-25-24(29)21-16-23(30-26-21)20-6-4-3-5-7-20/h3-11,16,22H,12-15,17H2,1-2H3,(H,25,29)/t22-/m1/s1. The summed E-state index contributed by atoms with van der Waals surface area (Å²) in [6, 6.07) is 20.1. The monoisotopic (exact) mass is 404 g/mol. The molecule has 156 valence electrons. The number of piperazine rings is 1. The molecule has 1 aliphatic rings. The number of likely N-dealkylation sites (N-methyl/N-ethyl adjacent to an activating group) is 1. The summed E-state index contributed by atoms with van der Waals surface area (Å²) in [5.41, 5.74) is 3.65. The molecule has 1 N–H and O–H groups in total. The molecule has 1 aromatic heterocycles. The minimum absolute atomic E-state index is 0.128. The number of nitrogens with one attached hydrogen (secondary N) is 1. The topological polar surface area (TPSA) is 61.6 Å². The van der Waals surface area contributed by atoms with E-state index in [9.17, 15) is 4.79 Å². The highest BCUT2D eigenvalue weighted by molar-refractivity contribution is 5.93. The number of carbonyl (C=O) groups excluding carboxylic acids is 1. The van der Waals surface area contributed by atoms with Crippen molar-refractivity contribution in [3.63, 3.8) is 0 Å². The van der Waals surface area contributed by atoms with Crippen molar-refractivity contribution in [1.82, 2.24) is 20.3 Å². The highest BCUT2D eigenvalue weighted by Crippen LogP contribution is 2.23. The average molecular weight is 405 g/mol. The molecule has 0 aliphatic carbocycles. The summed E-state index contributed by atoms with van der Waals surface area (Å²) in [4.78, 5) is 17.5. The van der Waals surface area contributed by atoms with Crippen molar-refractivity contribution in [2.45, 2.75) is 13.0 Å². The lowest BCUT2D eigenvalue weighted by Gasteiger charge is -2.38. The van der Waals surface area contributed by atoms with Crippen molar-refractivity contribution in [1.29, 1.82) is 0 Å². The maximum atomic E-state index is 12.8. The van der Waals surface area contributed by atoms with E-state index < -0.39 is 0 Å². The third-order valence-corrected chi connectivity index (χ3v) is 5.70. The van der Waals surface area contributed by atoms with E-state index in [0.29, 0.717) is 18.0 Å². The second-order valence-corrected chi connectivity index (χ2v) is 7.92. The van der Waals surface area contributed by atoms with Gasteiger partial charge >= 0.3 is 0 Å². The van der Waals surface area contributed by atoms with E-state index in [1.165, 1.54) is 11.1 Å². The minimum atomic E-state index is -0.216. The Hall–Kier alpha value is -2.96. The number of aromatic nitrogens is 1. The molecule has 0 unspecified atom stereocenters. The molecule has 0 saturated carbocycles. The zero-order chi connectivity index (χ0) is 20.9. The lowest BCUT2D eigenvalue weighted by molar-refractivity contribution is 0.0878. The fourth-order valence-corrected chi connectivity index (χ4v) is 3.78. The largest absolute Gasteiger partial charge is 0.355 e. The van der Waals surface area contributed by atoms with E-state index in [2.05, 4.69) is 58.5 Å². The lowest BCUT2D eigenvalue weighted by Crippen LogP contribution is -2.48. The molecule has 6 nitrogen and oxygen atoms in total. The van der Waals surface area contributed by atoms with Crippen molar-refractivity contribution in [3.8, 4) is 11.3 Å². The van der Waals surface area contributed by atoms with Crippen LogP contribution in [0.3, 0.4) is 0 Å². The Morgan fingerprint density at radius 2 is 1.77 bits per heavy atom. The maximum Gasteiger partial charge on any atom is 0.273 e. The van der Waals surface area contributed by atoms with Gasteiger partial charge in [-0.3, -0.25) is 9.69 Å². The van der Waals surface area contributed by atoms with Crippen LogP contribution in [0, 0.1) is 6.92 Å². The van der Waals surface area contributed by atoms with Gasteiger partial charge in [0, 0.05) is 44.4 Å². The zero-order valence-electron chi connectivity index (χ0n) is 17.5. The quantitative estimate of drug-likeness (QED) is 0.683. The molecule has 1 amide bonds. The molecule has 1 saturated heterocycles. The van der Waals surface area contributed by atoms with E-state index >= 15 is 0 Å². The van der Waals surface area contributed by atoms with Crippen molar-refractivity contribution in [2.75, 3.05) is 39.8 Å². The van der Waals surface area contributed by atoms with Crippen molar-refractivity contribution < 1.29 is 9.32 Å². The fraction of sp³-hybridized carbons (Fsp3) is 0.333. The molecular formula is C24H28N4O2. The Kier molecular flexibility index (Phi) is 6.26. The van der Waals surface area contributed by atoms with Gasteiger partial charge in [0.25, 0.3) is 5.91 Å². The molecule has 0 spiro atoms. The predicted molar refractivity (Wildman–Crippen MR) is 117 cm³/mol. The number of amides is 1. The van der Waals surface area contributed by atoms with Crippen LogP contribution in [0.15, 0.2) is 65.2 Å². The lowest BCUT2D eigenvalue weighted by atomic mass is 10.0. The van der Waals surface area contributed by atoms with E-state index in [0.717, 1.165) is 31.7 Å². The number of carbonyl (C=O) groups is 1. The number of benzene rings is 2. The minimum Gasteiger partial charge on any atom is -0.355 e. The second-order valence-electron chi connectivity index (χ2n) is 7.92. The number of rotatable bonds is 6. The van der Waals surface area contributed by atoms with Gasteiger partial charge in [-0.25, -0.2) is 0 Å². The Labute approximate surface area is 177 Å². The van der Waals surface area contributed by atoms with Crippen LogP contribution in [0.4, 0.5) is 0 Å². The normalized spacial score (nSPS) is 16.3. The Bertz CT molecular complexity index is 960. The van der Waals surface area contributed by atoms with E-state index in [1.807, 2.05) is 30.3 Å². The van der Waals surface area contributed by atoms with Gasteiger partial charge in [-0.2, -0.15) is 0 Å². The third kappa shape index (κ3) is 4.78. The van der Waals surface area contributed by atoms with Crippen LogP contribution in [0.5, 0.6) is 0 Å². The number of nitrogens with zero attached hydrogens (tertiary/aromatic N) is 3. The molecule has 0 radical (unpaired) electrons. The Morgan fingerprint density at radius 3 is 2.47 bits per heavy atom. The summed E-state index contributed by atoms with van der Waals surface area (Å²) in [5, 5.41) is 7.04. The van der Waals surface area contributed by atoms with Crippen molar-refractivity contribution in [2.24, 2.45) is 0 Å². The molecular weight excluding hydrogens is 376 g/mol. The van der Waals surface area contributed by atoms with Crippen molar-refractivity contribution in [3.05, 3.63) is 77.5 Å². The number of hydrogen-bond donors (Lipinski definition) is 1. The number of hydrogen-bond acceptors (Lipinski definition) is 5. The van der Waals surface area contributed by atoms with Gasteiger partial charge in [-0.1, -0.05) is 65.3 Å². The van der Waals surface area contributed by atoms with Gasteiger partial charge in [-0.15, -0.1) is 0 Å². The molecule has 1 aliphatic heterocycles. The van der Waals surface area contributed by atoms with Crippen LogP contribution in [-0.4, -0.2) is 60.6 Å². The summed E-state index contributed by atoms with van der Waals surface area (Å²) in [6.45, 7) is 6.63. The van der Waals surface area contributed by atoms with E-state index in [-0.39, 0.29) is 11.9 Å². The first-order valence-corrected chi connectivity index (χ1v) is 10.4. The predicted octanol–water partition coefficient (Wildman–Crippen LogP) is 3.37. The van der Waals surface area contributed by atoms with Gasteiger partial charge in [0.1, 0.15) is 0 Å². The van der Waals surface area contributed by atoms with Crippen molar-refractivity contribution >= 4 is 5.91 Å². The van der Waals surface area contributed by atoms with E-state index in [1.54, 1.807) is 6.07 Å². The summed E-state index contributed by atoms with van der Waals surface area (Å²) in [7, 11) is 2.15. The van der Waals surface area contributed by atoms with Crippen LogP contribution < -0.4 is 5.32 Å². The molecule has 2 heterocycles. The van der Waals surface area contributed by atoms with Gasteiger partial charge in [-0.05, 0) is 19.5 Å².